The standard InChI is InChI=1S/C17H21N3O2S/c1-17(2,21)20(13-23)10-3-11-22-15-4-5-16(19-12-15)14-6-8-18-9-7-14/h4-9,12-13,21H,3,10-11H2,1-2H3. The van der Waals surface area contributed by atoms with E-state index in [2.05, 4.69) is 9.97 Å². The van der Waals surface area contributed by atoms with Gasteiger partial charge < -0.3 is 14.7 Å². The summed E-state index contributed by atoms with van der Waals surface area (Å²) in [5.41, 5.74) is 2.43. The lowest BCUT2D eigenvalue weighted by molar-refractivity contribution is -0.0327. The van der Waals surface area contributed by atoms with Crippen LogP contribution < -0.4 is 4.74 Å². The summed E-state index contributed by atoms with van der Waals surface area (Å²) in [4.78, 5) is 10.1. The van der Waals surface area contributed by atoms with Crippen molar-refractivity contribution in [1.29, 1.82) is 0 Å². The Balaban J connectivity index is 1.82. The monoisotopic (exact) mass is 331 g/mol. The van der Waals surface area contributed by atoms with Gasteiger partial charge in [0.1, 0.15) is 11.5 Å². The normalized spacial score (nSPS) is 11.1. The van der Waals surface area contributed by atoms with Crippen molar-refractivity contribution in [2.24, 2.45) is 0 Å². The van der Waals surface area contributed by atoms with Crippen LogP contribution in [0, 0.1) is 0 Å². The molecule has 0 bridgehead atoms. The van der Waals surface area contributed by atoms with Crippen molar-refractivity contribution in [2.45, 2.75) is 26.0 Å². The van der Waals surface area contributed by atoms with Gasteiger partial charge in [0.15, 0.2) is 0 Å². The van der Waals surface area contributed by atoms with E-state index in [1.165, 1.54) is 5.49 Å². The van der Waals surface area contributed by atoms with Gasteiger partial charge in [-0.05, 0) is 44.5 Å². The van der Waals surface area contributed by atoms with E-state index in [1.807, 2.05) is 24.3 Å². The van der Waals surface area contributed by atoms with Crippen LogP contribution in [0.15, 0.2) is 42.9 Å². The first-order valence-electron chi connectivity index (χ1n) is 7.44. The lowest BCUT2D eigenvalue weighted by atomic mass is 10.2. The second-order valence-corrected chi connectivity index (χ2v) is 5.82. The molecule has 2 rings (SSSR count). The molecule has 122 valence electrons. The minimum absolute atomic E-state index is 0.534. The molecule has 2 heterocycles. The molecule has 0 spiro atoms. The molecule has 23 heavy (non-hydrogen) atoms. The first kappa shape index (κ1) is 17.3. The summed E-state index contributed by atoms with van der Waals surface area (Å²) < 4.78 is 5.67. The van der Waals surface area contributed by atoms with E-state index < -0.39 is 5.72 Å². The molecule has 2 aromatic rings. The van der Waals surface area contributed by atoms with E-state index in [0.29, 0.717) is 13.2 Å². The smallest absolute Gasteiger partial charge is 0.137 e. The third kappa shape index (κ3) is 5.26. The molecular weight excluding hydrogens is 310 g/mol. The number of nitrogens with zero attached hydrogens (tertiary/aromatic N) is 3. The fraction of sp³-hybridized carbons (Fsp3) is 0.353. The Morgan fingerprint density at radius 2 is 2.00 bits per heavy atom. The summed E-state index contributed by atoms with van der Waals surface area (Å²) in [6.45, 7) is 4.58. The number of hydrogen-bond donors (Lipinski definition) is 1. The minimum Gasteiger partial charge on any atom is -0.492 e. The average molecular weight is 331 g/mol. The van der Waals surface area contributed by atoms with Crippen molar-refractivity contribution in [2.75, 3.05) is 13.2 Å². The third-order valence-electron chi connectivity index (χ3n) is 3.35. The highest BCUT2D eigenvalue weighted by molar-refractivity contribution is 7.78. The molecule has 1 N–H and O–H groups in total. The van der Waals surface area contributed by atoms with Crippen molar-refractivity contribution in [1.82, 2.24) is 14.9 Å². The molecule has 0 atom stereocenters. The van der Waals surface area contributed by atoms with Crippen LogP contribution in [0.4, 0.5) is 0 Å². The van der Waals surface area contributed by atoms with Gasteiger partial charge in [-0.3, -0.25) is 9.97 Å². The lowest BCUT2D eigenvalue weighted by Crippen LogP contribution is -2.43. The van der Waals surface area contributed by atoms with E-state index in [1.54, 1.807) is 37.3 Å². The molecule has 0 aliphatic carbocycles. The Labute approximate surface area is 142 Å². The first-order chi connectivity index (χ1) is 11.0. The topological polar surface area (TPSA) is 58.5 Å². The van der Waals surface area contributed by atoms with Gasteiger partial charge in [-0.15, -0.1) is 0 Å². The zero-order valence-corrected chi connectivity index (χ0v) is 14.2. The Bertz CT molecular complexity index is 612. The van der Waals surface area contributed by atoms with Crippen molar-refractivity contribution in [3.8, 4) is 17.0 Å². The molecule has 2 aromatic heterocycles. The molecule has 0 fully saturated rings. The van der Waals surface area contributed by atoms with Crippen molar-refractivity contribution in [3.63, 3.8) is 0 Å². The van der Waals surface area contributed by atoms with Crippen molar-refractivity contribution in [3.05, 3.63) is 42.9 Å². The largest absolute Gasteiger partial charge is 0.492 e. The van der Waals surface area contributed by atoms with Crippen LogP contribution in [-0.4, -0.2) is 44.3 Å². The molecule has 5 nitrogen and oxygen atoms in total. The highest BCUT2D eigenvalue weighted by atomic mass is 32.1. The van der Waals surface area contributed by atoms with E-state index in [9.17, 15) is 5.11 Å². The lowest BCUT2D eigenvalue weighted by Gasteiger charge is -2.31. The number of aromatic nitrogens is 2. The van der Waals surface area contributed by atoms with Gasteiger partial charge in [0.25, 0.3) is 0 Å². The number of ether oxygens (including phenoxy) is 1. The van der Waals surface area contributed by atoms with Gasteiger partial charge in [-0.2, -0.15) is 0 Å². The summed E-state index contributed by atoms with van der Waals surface area (Å²) in [6.07, 6.45) is 5.95. The molecule has 0 aliphatic heterocycles. The van der Waals surface area contributed by atoms with Crippen molar-refractivity contribution >= 4 is 17.7 Å². The fourth-order valence-corrected chi connectivity index (χ4v) is 2.40. The predicted octanol–water partition coefficient (Wildman–Crippen LogP) is 2.90. The van der Waals surface area contributed by atoms with Crippen LogP contribution >= 0.6 is 12.2 Å². The number of thiocarbonyl (C=S) groups is 1. The average Bonchev–Trinajstić information content (AvgIpc) is 2.55. The molecule has 0 unspecified atom stereocenters. The van der Waals surface area contributed by atoms with Crippen LogP contribution in [-0.2, 0) is 0 Å². The Morgan fingerprint density at radius 1 is 1.26 bits per heavy atom. The molecule has 0 saturated carbocycles. The van der Waals surface area contributed by atoms with Crippen LogP contribution in [0.3, 0.4) is 0 Å². The number of rotatable bonds is 8. The van der Waals surface area contributed by atoms with E-state index in [0.717, 1.165) is 23.4 Å². The predicted molar refractivity (Wildman–Crippen MR) is 94.2 cm³/mol. The van der Waals surface area contributed by atoms with Gasteiger partial charge in [-0.25, -0.2) is 0 Å². The van der Waals surface area contributed by atoms with Gasteiger partial charge in [0.05, 0.1) is 24.0 Å². The Hall–Kier alpha value is -2.05. The number of hydrogen-bond acceptors (Lipinski definition) is 5. The molecule has 6 heteroatoms. The summed E-state index contributed by atoms with van der Waals surface area (Å²) in [7, 11) is 0. The summed E-state index contributed by atoms with van der Waals surface area (Å²) in [6, 6.07) is 7.65. The van der Waals surface area contributed by atoms with Crippen LogP contribution in [0.5, 0.6) is 5.75 Å². The van der Waals surface area contributed by atoms with E-state index in [-0.39, 0.29) is 0 Å². The molecule has 0 aliphatic rings. The maximum atomic E-state index is 9.91. The zero-order chi connectivity index (χ0) is 16.7. The van der Waals surface area contributed by atoms with Gasteiger partial charge in [0, 0.05) is 24.5 Å². The van der Waals surface area contributed by atoms with Crippen molar-refractivity contribution < 1.29 is 9.84 Å². The third-order valence-corrected chi connectivity index (χ3v) is 3.61. The maximum absolute atomic E-state index is 9.91. The maximum Gasteiger partial charge on any atom is 0.137 e. The molecular formula is C17H21N3O2S. The first-order valence-corrected chi connectivity index (χ1v) is 7.91. The summed E-state index contributed by atoms with van der Waals surface area (Å²) in [5.74, 6) is 0.722. The van der Waals surface area contributed by atoms with Gasteiger partial charge in [-0.1, -0.05) is 12.2 Å². The second kappa shape index (κ2) is 7.99. The number of pyridine rings is 2. The molecule has 0 radical (unpaired) electrons. The van der Waals surface area contributed by atoms with Crippen LogP contribution in [0.25, 0.3) is 11.3 Å². The highest BCUT2D eigenvalue weighted by Crippen LogP contribution is 2.18. The molecule has 0 aromatic carbocycles. The van der Waals surface area contributed by atoms with E-state index in [4.69, 9.17) is 17.0 Å². The SMILES string of the molecule is CC(C)(O)N(C=S)CCCOc1ccc(-c2ccncc2)nc1. The second-order valence-electron chi connectivity index (χ2n) is 5.61. The zero-order valence-electron chi connectivity index (χ0n) is 13.3. The van der Waals surface area contributed by atoms with Gasteiger partial charge in [0.2, 0.25) is 0 Å². The Morgan fingerprint density at radius 3 is 2.57 bits per heavy atom. The molecule has 0 amide bonds. The summed E-state index contributed by atoms with van der Waals surface area (Å²) in [5, 5.41) is 9.91. The Kier molecular flexibility index (Phi) is 6.01. The van der Waals surface area contributed by atoms with E-state index >= 15 is 0 Å². The van der Waals surface area contributed by atoms with Crippen LogP contribution in [0.2, 0.25) is 0 Å². The summed E-state index contributed by atoms with van der Waals surface area (Å²) >= 11 is 4.91. The van der Waals surface area contributed by atoms with Crippen LogP contribution in [0.1, 0.15) is 20.3 Å². The number of aliphatic hydroxyl groups is 1. The van der Waals surface area contributed by atoms with Gasteiger partial charge >= 0.3 is 0 Å². The quantitative estimate of drug-likeness (QED) is 0.456. The fourth-order valence-electron chi connectivity index (χ4n) is 2.04. The molecule has 0 saturated heterocycles. The highest BCUT2D eigenvalue weighted by Gasteiger charge is 2.19. The minimum atomic E-state index is -0.949.